The van der Waals surface area contributed by atoms with E-state index in [-0.39, 0.29) is 0 Å². The number of imidazole rings is 1. The Morgan fingerprint density at radius 3 is 2.50 bits per heavy atom. The normalized spacial score (nSPS) is 10.7. The van der Waals surface area contributed by atoms with Gasteiger partial charge in [-0.05, 0) is 33.2 Å². The minimum atomic E-state index is 0.745. The highest BCUT2D eigenvalue weighted by atomic mass is 15.1. The smallest absolute Gasteiger partial charge is 0.105 e. The molecular weight excluding hydrogens is 150 g/mol. The summed E-state index contributed by atoms with van der Waals surface area (Å²) in [5.41, 5.74) is 7.90. The molecule has 3 heteroatoms. The van der Waals surface area contributed by atoms with Crippen LogP contribution in [-0.2, 0) is 13.5 Å². The first-order valence-electron chi connectivity index (χ1n) is 4.35. The summed E-state index contributed by atoms with van der Waals surface area (Å²) in [5.74, 6) is 1.08. The summed E-state index contributed by atoms with van der Waals surface area (Å²) in [6.45, 7) is 4.87. The van der Waals surface area contributed by atoms with Gasteiger partial charge in [-0.25, -0.2) is 4.98 Å². The first-order chi connectivity index (χ1) is 5.66. The minimum absolute atomic E-state index is 0.745. The van der Waals surface area contributed by atoms with Crippen LogP contribution in [0.25, 0.3) is 0 Å². The van der Waals surface area contributed by atoms with E-state index in [4.69, 9.17) is 5.73 Å². The van der Waals surface area contributed by atoms with Crippen LogP contribution >= 0.6 is 0 Å². The number of aromatic nitrogens is 2. The van der Waals surface area contributed by atoms with Gasteiger partial charge in [0.2, 0.25) is 0 Å². The zero-order valence-corrected chi connectivity index (χ0v) is 8.09. The molecule has 0 amide bonds. The maximum Gasteiger partial charge on any atom is 0.105 e. The molecule has 0 atom stereocenters. The van der Waals surface area contributed by atoms with Gasteiger partial charge in [-0.1, -0.05) is 0 Å². The number of nitrogens with two attached hydrogens (primary N) is 1. The van der Waals surface area contributed by atoms with Gasteiger partial charge >= 0.3 is 0 Å². The van der Waals surface area contributed by atoms with Crippen LogP contribution in [0.4, 0.5) is 0 Å². The summed E-state index contributed by atoms with van der Waals surface area (Å²) in [6.07, 6.45) is 2.03. The lowest BCUT2D eigenvalue weighted by molar-refractivity contribution is 0.800. The van der Waals surface area contributed by atoms with Crippen LogP contribution in [-0.4, -0.2) is 16.1 Å². The third-order valence-corrected chi connectivity index (χ3v) is 2.32. The van der Waals surface area contributed by atoms with Crippen molar-refractivity contribution in [3.63, 3.8) is 0 Å². The molecule has 0 aromatic carbocycles. The average molecular weight is 167 g/mol. The van der Waals surface area contributed by atoms with E-state index >= 15 is 0 Å². The Bertz CT molecular complexity index is 263. The molecule has 3 nitrogen and oxygen atoms in total. The number of nitrogens with zero attached hydrogens (tertiary/aromatic N) is 2. The second kappa shape index (κ2) is 3.72. The van der Waals surface area contributed by atoms with Crippen molar-refractivity contribution in [1.29, 1.82) is 0 Å². The highest BCUT2D eigenvalue weighted by Gasteiger charge is 2.06. The van der Waals surface area contributed by atoms with Crippen LogP contribution in [0.3, 0.4) is 0 Å². The summed E-state index contributed by atoms with van der Waals surface area (Å²) < 4.78 is 2.12. The second-order valence-corrected chi connectivity index (χ2v) is 3.14. The molecule has 0 aliphatic heterocycles. The van der Waals surface area contributed by atoms with Crippen molar-refractivity contribution in [1.82, 2.24) is 9.55 Å². The molecule has 0 fully saturated rings. The Hall–Kier alpha value is -0.830. The third kappa shape index (κ3) is 1.67. The summed E-state index contributed by atoms with van der Waals surface area (Å²) in [5, 5.41) is 0. The fraction of sp³-hybridized carbons (Fsp3) is 0.667. The van der Waals surface area contributed by atoms with Crippen molar-refractivity contribution in [2.45, 2.75) is 26.7 Å². The first kappa shape index (κ1) is 9.26. The lowest BCUT2D eigenvalue weighted by Gasteiger charge is -1.98. The molecule has 1 rings (SSSR count). The molecule has 1 aromatic heterocycles. The molecule has 0 bridgehead atoms. The van der Waals surface area contributed by atoms with Crippen molar-refractivity contribution in [3.8, 4) is 0 Å². The largest absolute Gasteiger partial charge is 0.335 e. The summed E-state index contributed by atoms with van der Waals surface area (Å²) in [6, 6.07) is 0. The summed E-state index contributed by atoms with van der Waals surface area (Å²) in [4.78, 5) is 4.45. The zero-order chi connectivity index (χ0) is 9.14. The van der Waals surface area contributed by atoms with Crippen molar-refractivity contribution in [3.05, 3.63) is 17.2 Å². The van der Waals surface area contributed by atoms with Gasteiger partial charge in [0.1, 0.15) is 5.82 Å². The standard InChI is InChI=1S/C9H17N3/c1-7-9(5-4-6-10)11-8(2)12(7)3/h4-6,10H2,1-3H3. The molecule has 0 spiro atoms. The minimum Gasteiger partial charge on any atom is -0.335 e. The molecule has 0 aliphatic rings. The van der Waals surface area contributed by atoms with E-state index in [0.29, 0.717) is 0 Å². The van der Waals surface area contributed by atoms with Crippen LogP contribution in [0.2, 0.25) is 0 Å². The zero-order valence-electron chi connectivity index (χ0n) is 8.09. The summed E-state index contributed by atoms with van der Waals surface area (Å²) in [7, 11) is 2.05. The predicted octanol–water partition coefficient (Wildman–Crippen LogP) is 0.928. The molecule has 12 heavy (non-hydrogen) atoms. The van der Waals surface area contributed by atoms with E-state index in [9.17, 15) is 0 Å². The van der Waals surface area contributed by atoms with Crippen LogP contribution in [0.15, 0.2) is 0 Å². The van der Waals surface area contributed by atoms with E-state index in [0.717, 1.165) is 25.2 Å². The molecule has 2 N–H and O–H groups in total. The van der Waals surface area contributed by atoms with Gasteiger partial charge in [-0.15, -0.1) is 0 Å². The van der Waals surface area contributed by atoms with Crippen LogP contribution in [0.1, 0.15) is 23.6 Å². The molecule has 1 aromatic rings. The van der Waals surface area contributed by atoms with E-state index in [2.05, 4.69) is 16.5 Å². The molecule has 0 radical (unpaired) electrons. The Balaban J connectivity index is 2.79. The molecule has 68 valence electrons. The van der Waals surface area contributed by atoms with Gasteiger partial charge in [0.05, 0.1) is 5.69 Å². The highest BCUT2D eigenvalue weighted by molar-refractivity contribution is 5.14. The van der Waals surface area contributed by atoms with Crippen molar-refractivity contribution in [2.75, 3.05) is 6.54 Å². The van der Waals surface area contributed by atoms with Gasteiger partial charge in [0, 0.05) is 12.7 Å². The third-order valence-electron chi connectivity index (χ3n) is 2.32. The molecule has 0 aliphatic carbocycles. The highest BCUT2D eigenvalue weighted by Crippen LogP contribution is 2.09. The topological polar surface area (TPSA) is 43.8 Å². The number of hydrogen-bond donors (Lipinski definition) is 1. The maximum absolute atomic E-state index is 5.44. The number of aryl methyl sites for hydroxylation is 2. The Labute approximate surface area is 73.6 Å². The lowest BCUT2D eigenvalue weighted by Crippen LogP contribution is -2.01. The predicted molar refractivity (Wildman–Crippen MR) is 50.1 cm³/mol. The fourth-order valence-corrected chi connectivity index (χ4v) is 1.29. The lowest BCUT2D eigenvalue weighted by atomic mass is 10.2. The van der Waals surface area contributed by atoms with Crippen LogP contribution < -0.4 is 5.73 Å². The van der Waals surface area contributed by atoms with Crippen molar-refractivity contribution < 1.29 is 0 Å². The SMILES string of the molecule is Cc1nc(CCCN)c(C)n1C. The molecular formula is C9H17N3. The van der Waals surface area contributed by atoms with Crippen molar-refractivity contribution >= 4 is 0 Å². The van der Waals surface area contributed by atoms with Gasteiger partial charge in [-0.2, -0.15) is 0 Å². The number of rotatable bonds is 3. The van der Waals surface area contributed by atoms with Crippen LogP contribution in [0, 0.1) is 13.8 Å². The monoisotopic (exact) mass is 167 g/mol. The maximum atomic E-state index is 5.44. The van der Waals surface area contributed by atoms with E-state index in [1.165, 1.54) is 11.4 Å². The average Bonchev–Trinajstić information content (AvgIpc) is 2.30. The Kier molecular flexibility index (Phi) is 2.87. The molecule has 0 unspecified atom stereocenters. The summed E-state index contributed by atoms with van der Waals surface area (Å²) >= 11 is 0. The quantitative estimate of drug-likeness (QED) is 0.727. The van der Waals surface area contributed by atoms with Gasteiger partial charge in [-0.3, -0.25) is 0 Å². The first-order valence-corrected chi connectivity index (χ1v) is 4.35. The number of hydrogen-bond acceptors (Lipinski definition) is 2. The second-order valence-electron chi connectivity index (χ2n) is 3.14. The van der Waals surface area contributed by atoms with Gasteiger partial charge in [0.15, 0.2) is 0 Å². The van der Waals surface area contributed by atoms with Gasteiger partial charge < -0.3 is 10.3 Å². The van der Waals surface area contributed by atoms with Crippen molar-refractivity contribution in [2.24, 2.45) is 12.8 Å². The van der Waals surface area contributed by atoms with Crippen LogP contribution in [0.5, 0.6) is 0 Å². The molecule has 0 saturated carbocycles. The fourth-order valence-electron chi connectivity index (χ4n) is 1.29. The Morgan fingerprint density at radius 2 is 2.08 bits per heavy atom. The van der Waals surface area contributed by atoms with E-state index in [1.54, 1.807) is 0 Å². The molecule has 0 saturated heterocycles. The van der Waals surface area contributed by atoms with Gasteiger partial charge in [0.25, 0.3) is 0 Å². The Morgan fingerprint density at radius 1 is 1.42 bits per heavy atom. The van der Waals surface area contributed by atoms with E-state index < -0.39 is 0 Å². The molecule has 1 heterocycles. The van der Waals surface area contributed by atoms with E-state index in [1.807, 2.05) is 14.0 Å².